The van der Waals surface area contributed by atoms with Gasteiger partial charge in [-0.15, -0.1) is 22.0 Å². The number of carbonyl (C=O) groups excluding carboxylic acids is 2. The van der Waals surface area contributed by atoms with Gasteiger partial charge in [0.1, 0.15) is 5.75 Å². The van der Waals surface area contributed by atoms with Crippen LogP contribution in [0.1, 0.15) is 6.92 Å². The second kappa shape index (κ2) is 8.65. The zero-order valence-electron chi connectivity index (χ0n) is 13.4. The highest BCUT2D eigenvalue weighted by atomic mass is 32.2. The molecule has 0 saturated carbocycles. The predicted molar refractivity (Wildman–Crippen MR) is 94.5 cm³/mol. The molecule has 0 aliphatic heterocycles. The Morgan fingerprint density at radius 3 is 2.75 bits per heavy atom. The van der Waals surface area contributed by atoms with Gasteiger partial charge in [-0.25, -0.2) is 0 Å². The van der Waals surface area contributed by atoms with Gasteiger partial charge < -0.3 is 9.47 Å². The zero-order valence-corrected chi connectivity index (χ0v) is 15.1. The van der Waals surface area contributed by atoms with Crippen molar-refractivity contribution < 1.29 is 19.1 Å². The number of anilines is 1. The maximum absolute atomic E-state index is 12.1. The fourth-order valence-corrected chi connectivity index (χ4v) is 3.23. The molecular formula is C15H17N3O4S2. The van der Waals surface area contributed by atoms with Crippen LogP contribution < -0.4 is 10.1 Å². The van der Waals surface area contributed by atoms with E-state index in [1.165, 1.54) is 30.2 Å². The average Bonchev–Trinajstić information content (AvgIpc) is 3.07. The number of aromatic nitrogens is 2. The monoisotopic (exact) mass is 367 g/mol. The number of nitrogens with zero attached hydrogens (tertiary/aromatic N) is 2. The van der Waals surface area contributed by atoms with Crippen LogP contribution >= 0.6 is 23.1 Å². The molecule has 1 aromatic heterocycles. The maximum Gasteiger partial charge on any atom is 0.315 e. The number of rotatable bonds is 7. The number of amides is 1. The van der Waals surface area contributed by atoms with Crippen LogP contribution in [0.25, 0.3) is 10.6 Å². The van der Waals surface area contributed by atoms with Gasteiger partial charge in [0.05, 0.1) is 30.8 Å². The highest BCUT2D eigenvalue weighted by molar-refractivity contribution is 8.01. The molecule has 1 heterocycles. The Balaban J connectivity index is 2.00. The van der Waals surface area contributed by atoms with E-state index in [4.69, 9.17) is 4.74 Å². The first-order valence-electron chi connectivity index (χ1n) is 7.01. The number of carbonyl (C=O) groups is 2. The summed E-state index contributed by atoms with van der Waals surface area (Å²) in [5, 5.41) is 11.4. The first-order chi connectivity index (χ1) is 11.5. The van der Waals surface area contributed by atoms with E-state index in [0.29, 0.717) is 15.9 Å². The molecule has 0 fully saturated rings. The molecule has 0 aliphatic carbocycles. The van der Waals surface area contributed by atoms with E-state index in [0.717, 1.165) is 5.56 Å². The molecule has 7 nitrogen and oxygen atoms in total. The largest absolute Gasteiger partial charge is 0.496 e. The topological polar surface area (TPSA) is 90.4 Å². The van der Waals surface area contributed by atoms with Gasteiger partial charge in [-0.3, -0.25) is 14.9 Å². The quantitative estimate of drug-likeness (QED) is 0.752. The van der Waals surface area contributed by atoms with Crippen LogP contribution in [0.4, 0.5) is 5.13 Å². The number of hydrogen-bond donors (Lipinski definition) is 1. The van der Waals surface area contributed by atoms with Gasteiger partial charge in [-0.05, 0) is 19.1 Å². The van der Waals surface area contributed by atoms with E-state index in [2.05, 4.69) is 20.3 Å². The molecule has 0 unspecified atom stereocenters. The summed E-state index contributed by atoms with van der Waals surface area (Å²) in [5.41, 5.74) is 0.811. The van der Waals surface area contributed by atoms with Crippen LogP contribution in [0.3, 0.4) is 0 Å². The van der Waals surface area contributed by atoms with Gasteiger partial charge in [0.15, 0.2) is 5.01 Å². The Morgan fingerprint density at radius 2 is 2.04 bits per heavy atom. The number of nitrogens with one attached hydrogen (secondary N) is 1. The summed E-state index contributed by atoms with van der Waals surface area (Å²) in [7, 11) is 2.90. The van der Waals surface area contributed by atoms with E-state index in [1.807, 2.05) is 24.3 Å². The van der Waals surface area contributed by atoms with Gasteiger partial charge in [-0.2, -0.15) is 0 Å². The number of ether oxygens (including phenoxy) is 2. The summed E-state index contributed by atoms with van der Waals surface area (Å²) in [6.07, 6.45) is 0. The fraction of sp³-hybridized carbons (Fsp3) is 0.333. The molecule has 0 saturated heterocycles. The van der Waals surface area contributed by atoms with Crippen LogP contribution in [0.2, 0.25) is 0 Å². The van der Waals surface area contributed by atoms with Crippen molar-refractivity contribution in [3.63, 3.8) is 0 Å². The van der Waals surface area contributed by atoms with Crippen LogP contribution in [0, 0.1) is 0 Å². The third-order valence-corrected chi connectivity index (χ3v) is 5.03. The predicted octanol–water partition coefficient (Wildman–Crippen LogP) is 2.45. The molecule has 1 atom stereocenters. The Hall–Kier alpha value is -2.13. The number of para-hydroxylation sites is 1. The van der Waals surface area contributed by atoms with Gasteiger partial charge in [0.25, 0.3) is 0 Å². The van der Waals surface area contributed by atoms with E-state index in [-0.39, 0.29) is 17.6 Å². The number of methoxy groups -OCH3 is 2. The SMILES string of the molecule is COC(=O)CS[C@@H](C)C(=O)Nc1nnc(-c2ccccc2OC)s1. The number of benzene rings is 1. The Kier molecular flexibility index (Phi) is 6.56. The Bertz CT molecular complexity index is 720. The van der Waals surface area contributed by atoms with Crippen molar-refractivity contribution in [2.75, 3.05) is 25.3 Å². The third-order valence-electron chi connectivity index (χ3n) is 3.04. The minimum Gasteiger partial charge on any atom is -0.496 e. The van der Waals surface area contributed by atoms with E-state index >= 15 is 0 Å². The molecule has 1 amide bonds. The van der Waals surface area contributed by atoms with E-state index < -0.39 is 5.25 Å². The molecule has 9 heteroatoms. The molecule has 24 heavy (non-hydrogen) atoms. The minimum absolute atomic E-state index is 0.119. The van der Waals surface area contributed by atoms with Crippen LogP contribution in [0.15, 0.2) is 24.3 Å². The van der Waals surface area contributed by atoms with E-state index in [1.54, 1.807) is 14.0 Å². The molecule has 0 bridgehead atoms. The number of thioether (sulfide) groups is 1. The molecule has 2 aromatic rings. The highest BCUT2D eigenvalue weighted by Crippen LogP contribution is 2.33. The number of hydrogen-bond acceptors (Lipinski definition) is 8. The van der Waals surface area contributed by atoms with Crippen molar-refractivity contribution in [1.29, 1.82) is 0 Å². The summed E-state index contributed by atoms with van der Waals surface area (Å²) in [6.45, 7) is 1.71. The summed E-state index contributed by atoms with van der Waals surface area (Å²) < 4.78 is 9.85. The van der Waals surface area contributed by atoms with Crippen molar-refractivity contribution in [1.82, 2.24) is 10.2 Å². The summed E-state index contributed by atoms with van der Waals surface area (Å²) in [4.78, 5) is 23.2. The summed E-state index contributed by atoms with van der Waals surface area (Å²) >= 11 is 2.45. The van der Waals surface area contributed by atoms with Crippen molar-refractivity contribution in [2.45, 2.75) is 12.2 Å². The Morgan fingerprint density at radius 1 is 1.29 bits per heavy atom. The molecule has 1 N–H and O–H groups in total. The molecule has 0 spiro atoms. The fourth-order valence-electron chi connectivity index (χ4n) is 1.74. The lowest BCUT2D eigenvalue weighted by atomic mass is 10.2. The van der Waals surface area contributed by atoms with Crippen molar-refractivity contribution in [3.8, 4) is 16.3 Å². The second-order valence-electron chi connectivity index (χ2n) is 4.63. The van der Waals surface area contributed by atoms with Gasteiger partial charge in [-0.1, -0.05) is 23.5 Å². The second-order valence-corrected chi connectivity index (χ2v) is 6.94. The van der Waals surface area contributed by atoms with Gasteiger partial charge in [0.2, 0.25) is 11.0 Å². The third kappa shape index (κ3) is 4.68. The summed E-state index contributed by atoms with van der Waals surface area (Å²) in [6, 6.07) is 7.45. The zero-order chi connectivity index (χ0) is 17.5. The lowest BCUT2D eigenvalue weighted by molar-refractivity contribution is -0.137. The number of esters is 1. The molecule has 0 radical (unpaired) electrons. The van der Waals surface area contributed by atoms with Crippen molar-refractivity contribution in [2.24, 2.45) is 0 Å². The van der Waals surface area contributed by atoms with Crippen LogP contribution in [0.5, 0.6) is 5.75 Å². The van der Waals surface area contributed by atoms with Gasteiger partial charge in [0, 0.05) is 0 Å². The average molecular weight is 367 g/mol. The summed E-state index contributed by atoms with van der Waals surface area (Å²) in [5.74, 6) is 0.197. The Labute approximate surface area is 147 Å². The smallest absolute Gasteiger partial charge is 0.315 e. The maximum atomic E-state index is 12.1. The van der Waals surface area contributed by atoms with Crippen molar-refractivity contribution in [3.05, 3.63) is 24.3 Å². The molecule has 2 rings (SSSR count). The van der Waals surface area contributed by atoms with Crippen LogP contribution in [-0.4, -0.2) is 47.3 Å². The normalized spacial score (nSPS) is 11.6. The lowest BCUT2D eigenvalue weighted by Gasteiger charge is -2.09. The molecular weight excluding hydrogens is 350 g/mol. The lowest BCUT2D eigenvalue weighted by Crippen LogP contribution is -2.23. The molecule has 1 aromatic carbocycles. The van der Waals surface area contributed by atoms with Crippen LogP contribution in [-0.2, 0) is 14.3 Å². The standard InChI is InChI=1S/C15H17N3O4S2/c1-9(23-8-12(19)22-3)13(20)16-15-18-17-14(24-15)10-6-4-5-7-11(10)21-2/h4-7,9H,8H2,1-3H3,(H,16,18,20)/t9-/m0/s1. The van der Waals surface area contributed by atoms with Crippen molar-refractivity contribution >= 4 is 40.1 Å². The van der Waals surface area contributed by atoms with E-state index in [9.17, 15) is 9.59 Å². The first kappa shape index (κ1) is 18.2. The molecule has 128 valence electrons. The van der Waals surface area contributed by atoms with Gasteiger partial charge >= 0.3 is 5.97 Å². The highest BCUT2D eigenvalue weighted by Gasteiger charge is 2.18. The minimum atomic E-state index is -0.414. The first-order valence-corrected chi connectivity index (χ1v) is 8.88. The molecule has 0 aliphatic rings.